The molecule has 0 spiro atoms. The van der Waals surface area contributed by atoms with Crippen LogP contribution in [0.1, 0.15) is 22.3 Å². The first kappa shape index (κ1) is 23.5. The lowest BCUT2D eigenvalue weighted by atomic mass is 9.82. The summed E-state index contributed by atoms with van der Waals surface area (Å²) < 4.78 is 2.47. The number of rotatable bonds is 3. The van der Waals surface area contributed by atoms with Gasteiger partial charge in [-0.3, -0.25) is 0 Å². The van der Waals surface area contributed by atoms with Gasteiger partial charge in [-0.2, -0.15) is 0 Å². The van der Waals surface area contributed by atoms with E-state index in [9.17, 15) is 0 Å². The molecule has 1 heteroatoms. The molecule has 0 saturated carbocycles. The minimum atomic E-state index is 1.18. The molecule has 0 radical (unpaired) electrons. The Labute approximate surface area is 230 Å². The van der Waals surface area contributed by atoms with Crippen LogP contribution >= 0.6 is 0 Å². The Bertz CT molecular complexity index is 2040. The largest absolute Gasteiger partial charge is 0.309 e. The summed E-state index contributed by atoms with van der Waals surface area (Å²) in [5.74, 6) is 0. The van der Waals surface area contributed by atoms with Crippen LogP contribution in [0.2, 0.25) is 0 Å². The Balaban J connectivity index is 1.78. The second-order valence-electron chi connectivity index (χ2n) is 10.7. The van der Waals surface area contributed by atoms with Crippen molar-refractivity contribution >= 4 is 32.6 Å². The number of aryl methyl sites for hydroxylation is 4. The lowest BCUT2D eigenvalue weighted by Gasteiger charge is -2.22. The molecule has 0 bridgehead atoms. The van der Waals surface area contributed by atoms with E-state index >= 15 is 0 Å². The predicted octanol–water partition coefficient (Wildman–Crippen LogP) is 10.5. The molecule has 0 saturated heterocycles. The summed E-state index contributed by atoms with van der Waals surface area (Å²) >= 11 is 0. The Morgan fingerprint density at radius 3 is 1.77 bits per heavy atom. The molecule has 1 nitrogen and oxygen atoms in total. The highest BCUT2D eigenvalue weighted by molar-refractivity contribution is 6.26. The maximum Gasteiger partial charge on any atom is 0.0625 e. The molecule has 0 aliphatic heterocycles. The number of fused-ring (bicyclic) bond motifs is 5. The van der Waals surface area contributed by atoms with Gasteiger partial charge in [-0.1, -0.05) is 97.1 Å². The minimum Gasteiger partial charge on any atom is -0.309 e. The molecule has 0 amide bonds. The van der Waals surface area contributed by atoms with Gasteiger partial charge in [0, 0.05) is 21.8 Å². The zero-order chi connectivity index (χ0) is 26.7. The number of nitrogens with zero attached hydrogens (tertiary/aromatic N) is 1. The van der Waals surface area contributed by atoms with Crippen molar-refractivity contribution in [2.45, 2.75) is 27.7 Å². The van der Waals surface area contributed by atoms with Crippen LogP contribution in [-0.4, -0.2) is 4.57 Å². The Hall–Kier alpha value is -4.62. The standard InChI is InChI=1S/C38H31N/c1-24-14-8-9-17-29(24)34-25(2)22-23-26(3)35(34)36-27(4)30-18-10-11-19-31(30)38-37(36)32-20-12-13-21-33(32)39(38)28-15-6-5-7-16-28/h5-23H,1-4H3. The SMILES string of the molecule is Cc1ccccc1-c1c(C)ccc(C)c1-c1c(C)c2ccccc2c2c1c1ccccc1n2-c1ccccc1. The lowest BCUT2D eigenvalue weighted by Crippen LogP contribution is -1.99. The Morgan fingerprint density at radius 2 is 1.03 bits per heavy atom. The highest BCUT2D eigenvalue weighted by Crippen LogP contribution is 2.49. The fourth-order valence-electron chi connectivity index (χ4n) is 6.58. The number of para-hydroxylation sites is 2. The van der Waals surface area contributed by atoms with Gasteiger partial charge >= 0.3 is 0 Å². The molecule has 6 aromatic carbocycles. The van der Waals surface area contributed by atoms with E-state index in [1.807, 2.05) is 0 Å². The molecular formula is C38H31N. The summed E-state index contributed by atoms with van der Waals surface area (Å²) in [4.78, 5) is 0. The van der Waals surface area contributed by atoms with Gasteiger partial charge in [-0.05, 0) is 95.8 Å². The van der Waals surface area contributed by atoms with E-state index in [1.54, 1.807) is 0 Å². The summed E-state index contributed by atoms with van der Waals surface area (Å²) in [7, 11) is 0. The zero-order valence-corrected chi connectivity index (χ0v) is 22.9. The molecule has 39 heavy (non-hydrogen) atoms. The number of hydrogen-bond donors (Lipinski definition) is 0. The maximum atomic E-state index is 2.47. The molecule has 188 valence electrons. The van der Waals surface area contributed by atoms with E-state index in [0.717, 1.165) is 0 Å². The third-order valence-electron chi connectivity index (χ3n) is 8.39. The van der Waals surface area contributed by atoms with Crippen LogP contribution in [0.25, 0.3) is 60.5 Å². The summed E-state index contributed by atoms with van der Waals surface area (Å²) in [5.41, 5.74) is 14.3. The van der Waals surface area contributed by atoms with Crippen LogP contribution in [0.4, 0.5) is 0 Å². The molecule has 0 aliphatic rings. The molecule has 7 rings (SSSR count). The normalized spacial score (nSPS) is 11.6. The highest BCUT2D eigenvalue weighted by Gasteiger charge is 2.25. The summed E-state index contributed by atoms with van der Waals surface area (Å²) in [6.45, 7) is 9.07. The third kappa shape index (κ3) is 3.47. The lowest BCUT2D eigenvalue weighted by molar-refractivity contribution is 1.19. The van der Waals surface area contributed by atoms with Crippen molar-refractivity contribution in [2.24, 2.45) is 0 Å². The van der Waals surface area contributed by atoms with Crippen LogP contribution in [0.5, 0.6) is 0 Å². The van der Waals surface area contributed by atoms with E-state index in [-0.39, 0.29) is 0 Å². The quantitative estimate of drug-likeness (QED) is 0.227. The summed E-state index contributed by atoms with van der Waals surface area (Å²) in [5, 5.41) is 5.21. The first-order valence-electron chi connectivity index (χ1n) is 13.7. The predicted molar refractivity (Wildman–Crippen MR) is 168 cm³/mol. The van der Waals surface area contributed by atoms with E-state index in [4.69, 9.17) is 0 Å². The Kier molecular flexibility index (Phi) is 5.42. The smallest absolute Gasteiger partial charge is 0.0625 e. The molecule has 1 aromatic heterocycles. The van der Waals surface area contributed by atoms with Gasteiger partial charge in [0.15, 0.2) is 0 Å². The van der Waals surface area contributed by atoms with Crippen molar-refractivity contribution in [3.05, 3.63) is 138 Å². The first-order valence-corrected chi connectivity index (χ1v) is 13.7. The number of benzene rings is 6. The van der Waals surface area contributed by atoms with Crippen LogP contribution in [-0.2, 0) is 0 Å². The number of aromatic nitrogens is 1. The average Bonchev–Trinajstić information content (AvgIpc) is 3.31. The van der Waals surface area contributed by atoms with Crippen LogP contribution in [0.15, 0.2) is 115 Å². The first-order chi connectivity index (χ1) is 19.1. The van der Waals surface area contributed by atoms with Crippen LogP contribution in [0.3, 0.4) is 0 Å². The molecule has 0 atom stereocenters. The van der Waals surface area contributed by atoms with Gasteiger partial charge in [0.1, 0.15) is 0 Å². The minimum absolute atomic E-state index is 1.18. The number of hydrogen-bond acceptors (Lipinski definition) is 0. The average molecular weight is 502 g/mol. The van der Waals surface area contributed by atoms with Crippen LogP contribution < -0.4 is 0 Å². The van der Waals surface area contributed by atoms with Crippen molar-refractivity contribution in [1.82, 2.24) is 4.57 Å². The highest BCUT2D eigenvalue weighted by atomic mass is 15.0. The van der Waals surface area contributed by atoms with Gasteiger partial charge in [-0.25, -0.2) is 0 Å². The summed E-state index contributed by atoms with van der Waals surface area (Å²) in [6, 6.07) is 42.0. The van der Waals surface area contributed by atoms with Gasteiger partial charge in [0.25, 0.3) is 0 Å². The molecule has 0 aliphatic carbocycles. The van der Waals surface area contributed by atoms with Crippen molar-refractivity contribution in [3.63, 3.8) is 0 Å². The van der Waals surface area contributed by atoms with Gasteiger partial charge in [0.05, 0.1) is 11.0 Å². The van der Waals surface area contributed by atoms with E-state index < -0.39 is 0 Å². The van der Waals surface area contributed by atoms with Crippen molar-refractivity contribution in [1.29, 1.82) is 0 Å². The van der Waals surface area contributed by atoms with Crippen molar-refractivity contribution in [3.8, 4) is 27.9 Å². The Morgan fingerprint density at radius 1 is 0.436 bits per heavy atom. The zero-order valence-electron chi connectivity index (χ0n) is 22.9. The van der Waals surface area contributed by atoms with E-state index in [1.165, 1.54) is 82.8 Å². The molecular weight excluding hydrogens is 470 g/mol. The van der Waals surface area contributed by atoms with Gasteiger partial charge in [-0.15, -0.1) is 0 Å². The molecule has 7 aromatic rings. The molecule has 1 heterocycles. The maximum absolute atomic E-state index is 2.47. The fourth-order valence-corrected chi connectivity index (χ4v) is 6.58. The second-order valence-corrected chi connectivity index (χ2v) is 10.7. The van der Waals surface area contributed by atoms with E-state index in [0.29, 0.717) is 0 Å². The monoisotopic (exact) mass is 501 g/mol. The topological polar surface area (TPSA) is 4.93 Å². The molecule has 0 fully saturated rings. The van der Waals surface area contributed by atoms with Gasteiger partial charge in [0.2, 0.25) is 0 Å². The van der Waals surface area contributed by atoms with Crippen molar-refractivity contribution in [2.75, 3.05) is 0 Å². The van der Waals surface area contributed by atoms with Crippen LogP contribution in [0, 0.1) is 27.7 Å². The third-order valence-corrected chi connectivity index (χ3v) is 8.39. The van der Waals surface area contributed by atoms with Crippen molar-refractivity contribution < 1.29 is 0 Å². The summed E-state index contributed by atoms with van der Waals surface area (Å²) in [6.07, 6.45) is 0. The fraction of sp³-hybridized carbons (Fsp3) is 0.105. The second kappa shape index (κ2) is 8.99. The molecule has 0 N–H and O–H groups in total. The molecule has 0 unspecified atom stereocenters. The van der Waals surface area contributed by atoms with E-state index in [2.05, 4.69) is 148 Å². The van der Waals surface area contributed by atoms with Gasteiger partial charge < -0.3 is 4.57 Å².